The second kappa shape index (κ2) is 6.08. The lowest BCUT2D eigenvalue weighted by Crippen LogP contribution is -2.27. The lowest BCUT2D eigenvalue weighted by Gasteiger charge is -2.02. The van der Waals surface area contributed by atoms with Crippen molar-refractivity contribution in [3.05, 3.63) is 47.0 Å². The minimum absolute atomic E-state index is 0.00912. The van der Waals surface area contributed by atoms with Gasteiger partial charge >= 0.3 is 0 Å². The number of halogens is 1. The van der Waals surface area contributed by atoms with Crippen molar-refractivity contribution < 1.29 is 9.59 Å². The van der Waals surface area contributed by atoms with Gasteiger partial charge in [0.1, 0.15) is 0 Å². The molecule has 0 aromatic heterocycles. The monoisotopic (exact) mass is 237 g/mol. The largest absolute Gasteiger partial charge is 0.345 e. The lowest BCUT2D eigenvalue weighted by atomic mass is 10.1. The third-order valence-electron chi connectivity index (χ3n) is 1.91. The molecule has 1 amide bonds. The minimum Gasteiger partial charge on any atom is -0.345 e. The normalized spacial score (nSPS) is 10.4. The van der Waals surface area contributed by atoms with Gasteiger partial charge in [0.2, 0.25) is 5.91 Å². The molecule has 0 atom stereocenters. The molecule has 0 bridgehead atoms. The molecular weight excluding hydrogens is 226 g/mol. The topological polar surface area (TPSA) is 46.2 Å². The summed E-state index contributed by atoms with van der Waals surface area (Å²) in [6.45, 7) is 1.73. The predicted molar refractivity (Wildman–Crippen MR) is 63.6 cm³/mol. The van der Waals surface area contributed by atoms with Crippen LogP contribution in [0, 0.1) is 0 Å². The van der Waals surface area contributed by atoms with Crippen molar-refractivity contribution in [3.63, 3.8) is 0 Å². The molecule has 0 aliphatic rings. The molecule has 1 N–H and O–H groups in total. The van der Waals surface area contributed by atoms with Gasteiger partial charge in [-0.3, -0.25) is 9.59 Å². The number of Topliss-reactive ketones (excluding diaryl/α,β-unsaturated/α-hetero) is 1. The third kappa shape index (κ3) is 3.87. The first-order valence-corrected chi connectivity index (χ1v) is 5.20. The van der Waals surface area contributed by atoms with Gasteiger partial charge in [0, 0.05) is 10.6 Å². The molecule has 84 valence electrons. The van der Waals surface area contributed by atoms with Crippen LogP contribution in [0.2, 0.25) is 5.02 Å². The summed E-state index contributed by atoms with van der Waals surface area (Å²) < 4.78 is 0. The summed E-state index contributed by atoms with van der Waals surface area (Å²) in [4.78, 5) is 22.6. The number of hydrogen-bond acceptors (Lipinski definition) is 2. The Morgan fingerprint density at radius 1 is 1.31 bits per heavy atom. The standard InChI is InChI=1S/C12H12ClNO2/c1-2-3-12(16)14-8-11(15)9-4-6-10(13)7-5-9/h2-7H,8H2,1H3,(H,14,16)/b3-2+. The van der Waals surface area contributed by atoms with E-state index in [1.807, 2.05) is 0 Å². The van der Waals surface area contributed by atoms with E-state index in [0.29, 0.717) is 10.6 Å². The fourth-order valence-corrected chi connectivity index (χ4v) is 1.24. The summed E-state index contributed by atoms with van der Waals surface area (Å²) in [7, 11) is 0. The van der Waals surface area contributed by atoms with Gasteiger partial charge < -0.3 is 5.32 Å². The summed E-state index contributed by atoms with van der Waals surface area (Å²) in [5.74, 6) is -0.417. The summed E-state index contributed by atoms with van der Waals surface area (Å²) in [6.07, 6.45) is 2.98. The molecule has 0 unspecified atom stereocenters. The quantitative estimate of drug-likeness (QED) is 0.645. The number of nitrogens with one attached hydrogen (secondary N) is 1. The van der Waals surface area contributed by atoms with Crippen LogP contribution in [0.5, 0.6) is 0 Å². The van der Waals surface area contributed by atoms with Gasteiger partial charge in [-0.15, -0.1) is 0 Å². The predicted octanol–water partition coefficient (Wildman–Crippen LogP) is 2.21. The zero-order valence-corrected chi connectivity index (χ0v) is 9.62. The first-order valence-electron chi connectivity index (χ1n) is 4.83. The fraction of sp³-hybridized carbons (Fsp3) is 0.167. The van der Waals surface area contributed by atoms with Crippen LogP contribution in [0.4, 0.5) is 0 Å². The Labute approximate surface area is 99.1 Å². The molecule has 0 spiro atoms. The second-order valence-corrected chi connectivity index (χ2v) is 3.58. The number of carbonyl (C=O) groups is 2. The second-order valence-electron chi connectivity index (χ2n) is 3.15. The SMILES string of the molecule is C/C=C/C(=O)NCC(=O)c1ccc(Cl)cc1. The van der Waals surface area contributed by atoms with Crippen LogP contribution in [0.15, 0.2) is 36.4 Å². The molecule has 0 saturated heterocycles. The molecule has 3 nitrogen and oxygen atoms in total. The molecule has 0 radical (unpaired) electrons. The highest BCUT2D eigenvalue weighted by Crippen LogP contribution is 2.09. The van der Waals surface area contributed by atoms with Crippen LogP contribution in [0.1, 0.15) is 17.3 Å². The van der Waals surface area contributed by atoms with E-state index in [1.165, 1.54) is 6.08 Å². The molecule has 1 aromatic rings. The van der Waals surface area contributed by atoms with Gasteiger partial charge in [-0.05, 0) is 37.3 Å². The lowest BCUT2D eigenvalue weighted by molar-refractivity contribution is -0.116. The molecule has 1 aromatic carbocycles. The average Bonchev–Trinajstić information content (AvgIpc) is 2.27. The Kier molecular flexibility index (Phi) is 4.73. The number of carbonyl (C=O) groups excluding carboxylic acids is 2. The van der Waals surface area contributed by atoms with Crippen LogP contribution in [-0.2, 0) is 4.79 Å². The molecule has 0 aliphatic heterocycles. The van der Waals surface area contributed by atoms with Crippen LogP contribution < -0.4 is 5.32 Å². The van der Waals surface area contributed by atoms with E-state index in [-0.39, 0.29) is 18.2 Å². The Morgan fingerprint density at radius 2 is 1.94 bits per heavy atom. The van der Waals surface area contributed by atoms with Gasteiger partial charge in [-0.1, -0.05) is 17.7 Å². The minimum atomic E-state index is -0.273. The van der Waals surface area contributed by atoms with Crippen LogP contribution in [0.3, 0.4) is 0 Å². The van der Waals surface area contributed by atoms with E-state index >= 15 is 0 Å². The fourth-order valence-electron chi connectivity index (χ4n) is 1.12. The van der Waals surface area contributed by atoms with E-state index in [2.05, 4.69) is 5.32 Å². The first-order chi connectivity index (χ1) is 7.63. The number of hydrogen-bond donors (Lipinski definition) is 1. The van der Waals surface area contributed by atoms with Gasteiger partial charge in [-0.2, -0.15) is 0 Å². The maximum atomic E-state index is 11.6. The number of amides is 1. The summed E-state index contributed by atoms with van der Waals surface area (Å²) >= 11 is 5.69. The van der Waals surface area contributed by atoms with Crippen LogP contribution >= 0.6 is 11.6 Å². The van der Waals surface area contributed by atoms with Crippen molar-refractivity contribution in [2.24, 2.45) is 0 Å². The molecular formula is C12H12ClNO2. The van der Waals surface area contributed by atoms with Crippen molar-refractivity contribution in [2.45, 2.75) is 6.92 Å². The molecule has 0 aliphatic carbocycles. The van der Waals surface area contributed by atoms with Crippen molar-refractivity contribution in [1.82, 2.24) is 5.32 Å². The Hall–Kier alpha value is -1.61. The molecule has 4 heteroatoms. The molecule has 0 fully saturated rings. The van der Waals surface area contributed by atoms with Gasteiger partial charge in [0.25, 0.3) is 0 Å². The van der Waals surface area contributed by atoms with Crippen LogP contribution in [0.25, 0.3) is 0 Å². The maximum Gasteiger partial charge on any atom is 0.244 e. The van der Waals surface area contributed by atoms with Crippen molar-refractivity contribution in [2.75, 3.05) is 6.54 Å². The van der Waals surface area contributed by atoms with Crippen molar-refractivity contribution >= 4 is 23.3 Å². The van der Waals surface area contributed by atoms with E-state index in [0.717, 1.165) is 0 Å². The number of rotatable bonds is 4. The Morgan fingerprint density at radius 3 is 2.50 bits per heavy atom. The maximum absolute atomic E-state index is 11.6. The summed E-state index contributed by atoms with van der Waals surface area (Å²) in [6, 6.07) is 6.55. The Balaban J connectivity index is 2.53. The van der Waals surface area contributed by atoms with Gasteiger partial charge in [0.05, 0.1) is 6.54 Å². The van der Waals surface area contributed by atoms with E-state index in [1.54, 1.807) is 37.3 Å². The Bertz CT molecular complexity index is 410. The van der Waals surface area contributed by atoms with E-state index < -0.39 is 0 Å². The first kappa shape index (κ1) is 12.5. The molecule has 0 heterocycles. The molecule has 0 saturated carbocycles. The molecule has 1 rings (SSSR count). The summed E-state index contributed by atoms with van der Waals surface area (Å²) in [5.41, 5.74) is 0.533. The van der Waals surface area contributed by atoms with E-state index in [4.69, 9.17) is 11.6 Å². The van der Waals surface area contributed by atoms with Gasteiger partial charge in [0.15, 0.2) is 5.78 Å². The number of benzene rings is 1. The number of allylic oxidation sites excluding steroid dienone is 1. The van der Waals surface area contributed by atoms with Crippen molar-refractivity contribution in [3.8, 4) is 0 Å². The van der Waals surface area contributed by atoms with Crippen molar-refractivity contribution in [1.29, 1.82) is 0 Å². The highest BCUT2D eigenvalue weighted by molar-refractivity contribution is 6.30. The highest BCUT2D eigenvalue weighted by atomic mass is 35.5. The molecule has 16 heavy (non-hydrogen) atoms. The smallest absolute Gasteiger partial charge is 0.244 e. The zero-order valence-electron chi connectivity index (χ0n) is 8.87. The van der Waals surface area contributed by atoms with E-state index in [9.17, 15) is 9.59 Å². The third-order valence-corrected chi connectivity index (χ3v) is 2.16. The van der Waals surface area contributed by atoms with Gasteiger partial charge in [-0.25, -0.2) is 0 Å². The highest BCUT2D eigenvalue weighted by Gasteiger charge is 2.06. The zero-order chi connectivity index (χ0) is 12.0. The van der Waals surface area contributed by atoms with Crippen LogP contribution in [-0.4, -0.2) is 18.2 Å². The average molecular weight is 238 g/mol. The number of ketones is 1. The summed E-state index contributed by atoms with van der Waals surface area (Å²) in [5, 5.41) is 3.07.